The van der Waals surface area contributed by atoms with Crippen LogP contribution in [-0.4, -0.2) is 19.1 Å². The van der Waals surface area contributed by atoms with Gasteiger partial charge in [0.25, 0.3) is 5.91 Å². The number of benzene rings is 3. The molecule has 146 valence electrons. The van der Waals surface area contributed by atoms with Crippen LogP contribution in [0.3, 0.4) is 0 Å². The summed E-state index contributed by atoms with van der Waals surface area (Å²) in [6.07, 6.45) is 0.771. The molecular weight excluding hydrogens is 362 g/mol. The van der Waals surface area contributed by atoms with Gasteiger partial charge in [-0.3, -0.25) is 4.79 Å². The first kappa shape index (κ1) is 18.8. The Balaban J connectivity index is 1.67. The van der Waals surface area contributed by atoms with Crippen LogP contribution in [0.25, 0.3) is 22.3 Å². The van der Waals surface area contributed by atoms with Gasteiger partial charge < -0.3 is 14.5 Å². The summed E-state index contributed by atoms with van der Waals surface area (Å²) in [5.74, 6) is 1.15. The first-order valence-corrected chi connectivity index (χ1v) is 9.83. The second-order valence-corrected chi connectivity index (χ2v) is 6.75. The van der Waals surface area contributed by atoms with Crippen molar-refractivity contribution in [3.05, 3.63) is 90.0 Å². The molecule has 0 aliphatic rings. The predicted octanol–water partition coefficient (Wildman–Crippen LogP) is 5.47. The van der Waals surface area contributed by atoms with Crippen molar-refractivity contribution in [2.75, 3.05) is 13.2 Å². The van der Waals surface area contributed by atoms with E-state index in [0.29, 0.717) is 30.1 Å². The van der Waals surface area contributed by atoms with Crippen LogP contribution in [0, 0.1) is 0 Å². The van der Waals surface area contributed by atoms with E-state index in [1.54, 1.807) is 0 Å². The number of hydrogen-bond donors (Lipinski definition) is 1. The summed E-state index contributed by atoms with van der Waals surface area (Å²) in [6.45, 7) is 3.05. The highest BCUT2D eigenvalue weighted by Gasteiger charge is 2.22. The number of carbonyl (C=O) groups excluding carboxylic acids is 1. The topological polar surface area (TPSA) is 51.5 Å². The van der Waals surface area contributed by atoms with E-state index in [1.807, 2.05) is 73.7 Å². The summed E-state index contributed by atoms with van der Waals surface area (Å²) in [4.78, 5) is 13.2. The van der Waals surface area contributed by atoms with Gasteiger partial charge in [-0.15, -0.1) is 0 Å². The van der Waals surface area contributed by atoms with Crippen molar-refractivity contribution in [3.63, 3.8) is 0 Å². The largest absolute Gasteiger partial charge is 0.494 e. The Morgan fingerprint density at radius 1 is 0.966 bits per heavy atom. The molecule has 1 N–H and O–H groups in total. The molecule has 0 saturated heterocycles. The van der Waals surface area contributed by atoms with Gasteiger partial charge in [0.2, 0.25) is 0 Å². The number of furan rings is 1. The Labute approximate surface area is 170 Å². The average Bonchev–Trinajstić information content (AvgIpc) is 3.14. The number of nitrogens with one attached hydrogen (secondary N) is 1. The van der Waals surface area contributed by atoms with Crippen molar-refractivity contribution in [2.24, 2.45) is 0 Å². The number of amides is 1. The van der Waals surface area contributed by atoms with Gasteiger partial charge in [0.1, 0.15) is 17.1 Å². The Morgan fingerprint density at radius 2 is 1.69 bits per heavy atom. The number of fused-ring (bicyclic) bond motifs is 1. The summed E-state index contributed by atoms with van der Waals surface area (Å²) in [7, 11) is 0. The molecule has 4 rings (SSSR count). The van der Waals surface area contributed by atoms with Gasteiger partial charge in [-0.25, -0.2) is 0 Å². The van der Waals surface area contributed by atoms with E-state index in [9.17, 15) is 4.79 Å². The zero-order chi connectivity index (χ0) is 20.1. The molecule has 4 aromatic rings. The van der Waals surface area contributed by atoms with Gasteiger partial charge >= 0.3 is 0 Å². The lowest BCUT2D eigenvalue weighted by molar-refractivity contribution is 0.0956. The third kappa shape index (κ3) is 4.16. The Morgan fingerprint density at radius 3 is 2.41 bits per heavy atom. The molecule has 0 aliphatic heterocycles. The van der Waals surface area contributed by atoms with E-state index in [2.05, 4.69) is 17.4 Å². The van der Waals surface area contributed by atoms with Crippen LogP contribution in [0.1, 0.15) is 22.8 Å². The predicted molar refractivity (Wildman–Crippen MR) is 115 cm³/mol. The second kappa shape index (κ2) is 8.65. The van der Waals surface area contributed by atoms with Crippen LogP contribution in [0.5, 0.6) is 5.75 Å². The molecule has 1 heterocycles. The number of carbonyl (C=O) groups is 1. The molecule has 0 aliphatic carbocycles. The summed E-state index contributed by atoms with van der Waals surface area (Å²) < 4.78 is 11.7. The molecule has 1 amide bonds. The van der Waals surface area contributed by atoms with Crippen LogP contribution < -0.4 is 10.1 Å². The normalized spacial score (nSPS) is 10.8. The van der Waals surface area contributed by atoms with Crippen LogP contribution in [0.4, 0.5) is 0 Å². The molecule has 0 bridgehead atoms. The smallest absolute Gasteiger partial charge is 0.255 e. The summed E-state index contributed by atoms with van der Waals surface area (Å²) in [6, 6.07) is 25.4. The lowest BCUT2D eigenvalue weighted by atomic mass is 10.0. The maximum atomic E-state index is 13.2. The van der Waals surface area contributed by atoms with Gasteiger partial charge in [-0.1, -0.05) is 60.7 Å². The molecule has 0 spiro atoms. The Kier molecular flexibility index (Phi) is 5.61. The minimum atomic E-state index is -0.146. The molecule has 0 fully saturated rings. The van der Waals surface area contributed by atoms with E-state index in [0.717, 1.165) is 23.1 Å². The van der Waals surface area contributed by atoms with E-state index < -0.39 is 0 Å². The fourth-order valence-corrected chi connectivity index (χ4v) is 3.40. The van der Waals surface area contributed by atoms with Gasteiger partial charge in [-0.2, -0.15) is 0 Å². The van der Waals surface area contributed by atoms with E-state index >= 15 is 0 Å². The van der Waals surface area contributed by atoms with Crippen molar-refractivity contribution in [1.82, 2.24) is 5.32 Å². The molecule has 4 nitrogen and oxygen atoms in total. The summed E-state index contributed by atoms with van der Waals surface area (Å²) in [5, 5.41) is 3.80. The van der Waals surface area contributed by atoms with Crippen molar-refractivity contribution in [3.8, 4) is 17.1 Å². The van der Waals surface area contributed by atoms with Crippen molar-refractivity contribution in [2.45, 2.75) is 13.3 Å². The average molecular weight is 385 g/mol. The Bertz CT molecular complexity index is 1100. The fraction of sp³-hybridized carbons (Fsp3) is 0.160. The molecule has 0 unspecified atom stereocenters. The highest BCUT2D eigenvalue weighted by atomic mass is 16.5. The monoisotopic (exact) mass is 385 g/mol. The molecule has 0 radical (unpaired) electrons. The molecule has 4 heteroatoms. The van der Waals surface area contributed by atoms with Gasteiger partial charge in [0.15, 0.2) is 0 Å². The second-order valence-electron chi connectivity index (χ2n) is 6.75. The minimum Gasteiger partial charge on any atom is -0.494 e. The van der Waals surface area contributed by atoms with Crippen LogP contribution >= 0.6 is 0 Å². The minimum absolute atomic E-state index is 0.146. The van der Waals surface area contributed by atoms with E-state index in [4.69, 9.17) is 9.15 Å². The highest BCUT2D eigenvalue weighted by molar-refractivity contribution is 6.11. The lowest BCUT2D eigenvalue weighted by Gasteiger charge is -2.07. The zero-order valence-electron chi connectivity index (χ0n) is 16.4. The lowest BCUT2D eigenvalue weighted by Crippen LogP contribution is -2.26. The van der Waals surface area contributed by atoms with Crippen molar-refractivity contribution >= 4 is 16.9 Å². The molecular formula is C25H23NO3. The maximum absolute atomic E-state index is 13.2. The highest BCUT2D eigenvalue weighted by Crippen LogP contribution is 2.35. The quantitative estimate of drug-likeness (QED) is 0.459. The first-order valence-electron chi connectivity index (χ1n) is 9.83. The van der Waals surface area contributed by atoms with Crippen LogP contribution in [-0.2, 0) is 6.42 Å². The zero-order valence-corrected chi connectivity index (χ0v) is 16.4. The third-order valence-electron chi connectivity index (χ3n) is 4.78. The van der Waals surface area contributed by atoms with Gasteiger partial charge in [0, 0.05) is 17.5 Å². The summed E-state index contributed by atoms with van der Waals surface area (Å²) >= 11 is 0. The van der Waals surface area contributed by atoms with Crippen LogP contribution in [0.2, 0.25) is 0 Å². The molecule has 1 aromatic heterocycles. The number of rotatable bonds is 7. The third-order valence-corrected chi connectivity index (χ3v) is 4.78. The molecule has 29 heavy (non-hydrogen) atoms. The fourth-order valence-electron chi connectivity index (χ4n) is 3.40. The van der Waals surface area contributed by atoms with E-state index in [1.165, 1.54) is 5.56 Å². The van der Waals surface area contributed by atoms with Gasteiger partial charge in [-0.05, 0) is 37.1 Å². The Hall–Kier alpha value is -3.53. The SMILES string of the molecule is CCOc1ccc2oc(-c3ccccc3)c(C(=O)NCCc3ccccc3)c2c1. The van der Waals surface area contributed by atoms with Gasteiger partial charge in [0.05, 0.1) is 12.2 Å². The maximum Gasteiger partial charge on any atom is 0.255 e. The van der Waals surface area contributed by atoms with Crippen LogP contribution in [0.15, 0.2) is 83.3 Å². The van der Waals surface area contributed by atoms with Crippen molar-refractivity contribution < 1.29 is 13.9 Å². The molecule has 0 saturated carbocycles. The number of ether oxygens (including phenoxy) is 1. The molecule has 0 atom stereocenters. The standard InChI is InChI=1S/C25H23NO3/c1-2-28-20-13-14-22-21(17-20)23(24(29-22)19-11-7-4-8-12-19)25(27)26-16-15-18-9-5-3-6-10-18/h3-14,17H,2,15-16H2,1H3,(H,26,27). The summed E-state index contributed by atoms with van der Waals surface area (Å²) in [5.41, 5.74) is 3.27. The van der Waals surface area contributed by atoms with Crippen molar-refractivity contribution in [1.29, 1.82) is 0 Å². The first-order chi connectivity index (χ1) is 14.3. The van der Waals surface area contributed by atoms with E-state index in [-0.39, 0.29) is 5.91 Å². The molecule has 3 aromatic carbocycles. The number of hydrogen-bond acceptors (Lipinski definition) is 3.